The van der Waals surface area contributed by atoms with Crippen LogP contribution >= 0.6 is 0 Å². The van der Waals surface area contributed by atoms with E-state index in [0.717, 1.165) is 37.2 Å². The summed E-state index contributed by atoms with van der Waals surface area (Å²) in [6, 6.07) is 7.69. The molecule has 0 spiro atoms. The predicted octanol–water partition coefficient (Wildman–Crippen LogP) is 2.78. The molecule has 1 heterocycles. The molecule has 2 rings (SSSR count). The van der Waals surface area contributed by atoms with Gasteiger partial charge in [0, 0.05) is 19.6 Å². The number of aliphatic hydroxyl groups excluding tert-OH is 1. The van der Waals surface area contributed by atoms with Gasteiger partial charge in [-0.2, -0.15) is 0 Å². The lowest BCUT2D eigenvalue weighted by atomic mass is 9.96. The number of nitrogens with one attached hydrogen (secondary N) is 1. The number of rotatable bonds is 6. The number of unbranched alkanes of at least 4 members (excludes halogenated alkanes) is 1. The maximum atomic E-state index is 12.2. The molecular weight excluding hydrogens is 292 g/mol. The number of piperidine rings is 1. The van der Waals surface area contributed by atoms with Crippen molar-refractivity contribution in [2.75, 3.05) is 19.7 Å². The number of β-amino-alcohol motifs (C(OH)–C–C–N with tert-alkyl or cyclic N) is 1. The van der Waals surface area contributed by atoms with Crippen molar-refractivity contribution in [1.82, 2.24) is 10.2 Å². The van der Waals surface area contributed by atoms with Crippen LogP contribution in [-0.2, 0) is 6.54 Å². The highest BCUT2D eigenvalue weighted by atomic mass is 16.5. The minimum atomic E-state index is -0.426. The highest BCUT2D eigenvalue weighted by molar-refractivity contribution is 5.74. The van der Waals surface area contributed by atoms with E-state index >= 15 is 0 Å². The Hall–Kier alpha value is -1.75. The van der Waals surface area contributed by atoms with Crippen LogP contribution in [0.5, 0.6) is 5.75 Å². The zero-order chi connectivity index (χ0) is 16.7. The summed E-state index contributed by atoms with van der Waals surface area (Å²) in [5.74, 6) is 1.10. The largest absolute Gasteiger partial charge is 0.494 e. The van der Waals surface area contributed by atoms with Crippen LogP contribution < -0.4 is 10.1 Å². The topological polar surface area (TPSA) is 61.8 Å². The van der Waals surface area contributed by atoms with Gasteiger partial charge in [0.15, 0.2) is 0 Å². The van der Waals surface area contributed by atoms with E-state index in [1.54, 1.807) is 4.90 Å². The normalized spacial score (nSPS) is 21.1. The maximum absolute atomic E-state index is 12.2. The third kappa shape index (κ3) is 5.43. The number of benzene rings is 1. The average Bonchev–Trinajstić information content (AvgIpc) is 2.56. The molecule has 2 N–H and O–H groups in total. The van der Waals surface area contributed by atoms with Crippen molar-refractivity contribution >= 4 is 6.03 Å². The van der Waals surface area contributed by atoms with Gasteiger partial charge in [-0.1, -0.05) is 32.4 Å². The summed E-state index contributed by atoms with van der Waals surface area (Å²) in [6.07, 6.45) is 2.56. The van der Waals surface area contributed by atoms with Gasteiger partial charge in [-0.25, -0.2) is 4.79 Å². The molecule has 2 unspecified atom stereocenters. The summed E-state index contributed by atoms with van der Waals surface area (Å²) < 4.78 is 5.68. The van der Waals surface area contributed by atoms with Crippen molar-refractivity contribution in [1.29, 1.82) is 0 Å². The van der Waals surface area contributed by atoms with E-state index in [2.05, 4.69) is 12.2 Å². The van der Waals surface area contributed by atoms with E-state index in [9.17, 15) is 9.90 Å². The van der Waals surface area contributed by atoms with Crippen LogP contribution in [0.4, 0.5) is 4.79 Å². The highest BCUT2D eigenvalue weighted by Crippen LogP contribution is 2.17. The van der Waals surface area contributed by atoms with E-state index in [1.165, 1.54) is 0 Å². The predicted molar refractivity (Wildman–Crippen MR) is 90.4 cm³/mol. The van der Waals surface area contributed by atoms with Gasteiger partial charge in [0.2, 0.25) is 0 Å². The molecule has 0 bridgehead atoms. The lowest BCUT2D eigenvalue weighted by Crippen LogP contribution is -2.49. The molecule has 1 aliphatic rings. The molecule has 1 aliphatic heterocycles. The van der Waals surface area contributed by atoms with Gasteiger partial charge in [0.25, 0.3) is 0 Å². The van der Waals surface area contributed by atoms with Gasteiger partial charge in [-0.15, -0.1) is 0 Å². The van der Waals surface area contributed by atoms with Gasteiger partial charge >= 0.3 is 6.03 Å². The summed E-state index contributed by atoms with van der Waals surface area (Å²) in [5, 5.41) is 12.8. The van der Waals surface area contributed by atoms with Crippen LogP contribution in [0.25, 0.3) is 0 Å². The highest BCUT2D eigenvalue weighted by Gasteiger charge is 2.26. The SMILES string of the molecule is CCCCOc1cccc(CNC(=O)N2CCC(C)C(O)C2)c1. The van der Waals surface area contributed by atoms with Crippen molar-refractivity contribution in [2.24, 2.45) is 5.92 Å². The van der Waals surface area contributed by atoms with Gasteiger partial charge in [-0.3, -0.25) is 0 Å². The van der Waals surface area contributed by atoms with Gasteiger partial charge < -0.3 is 20.1 Å². The number of nitrogens with zero attached hydrogens (tertiary/aromatic N) is 1. The third-order valence-electron chi connectivity index (χ3n) is 4.31. The Morgan fingerprint density at radius 2 is 2.30 bits per heavy atom. The van der Waals surface area contributed by atoms with Gasteiger partial charge in [-0.05, 0) is 36.5 Å². The molecule has 0 radical (unpaired) electrons. The van der Waals surface area contributed by atoms with E-state index in [4.69, 9.17) is 4.74 Å². The summed E-state index contributed by atoms with van der Waals surface area (Å²) in [4.78, 5) is 13.9. The molecule has 5 heteroatoms. The number of carbonyl (C=O) groups excluding carboxylic acids is 1. The van der Waals surface area contributed by atoms with Crippen molar-refractivity contribution < 1.29 is 14.6 Å². The first kappa shape index (κ1) is 17.6. The zero-order valence-corrected chi connectivity index (χ0v) is 14.1. The molecule has 23 heavy (non-hydrogen) atoms. The smallest absolute Gasteiger partial charge is 0.317 e. The Bertz CT molecular complexity index is 507. The Morgan fingerprint density at radius 3 is 3.04 bits per heavy atom. The quantitative estimate of drug-likeness (QED) is 0.792. The van der Waals surface area contributed by atoms with E-state index in [0.29, 0.717) is 19.6 Å². The molecule has 1 aromatic carbocycles. The molecule has 1 fully saturated rings. The lowest BCUT2D eigenvalue weighted by molar-refractivity contribution is 0.0435. The number of aliphatic hydroxyl groups is 1. The molecular formula is C18H28N2O3. The Morgan fingerprint density at radius 1 is 1.48 bits per heavy atom. The molecule has 5 nitrogen and oxygen atoms in total. The van der Waals surface area contributed by atoms with Crippen LogP contribution in [0.1, 0.15) is 38.7 Å². The third-order valence-corrected chi connectivity index (χ3v) is 4.31. The van der Waals surface area contributed by atoms with Crippen LogP contribution in [0, 0.1) is 5.92 Å². The van der Waals surface area contributed by atoms with Crippen molar-refractivity contribution in [2.45, 2.75) is 45.8 Å². The van der Waals surface area contributed by atoms with Crippen LogP contribution in [0.15, 0.2) is 24.3 Å². The number of likely N-dealkylation sites (tertiary alicyclic amines) is 1. The number of carbonyl (C=O) groups is 1. The maximum Gasteiger partial charge on any atom is 0.317 e. The number of hydrogen-bond acceptors (Lipinski definition) is 3. The molecule has 0 aromatic heterocycles. The second kappa shape index (κ2) is 8.77. The lowest BCUT2D eigenvalue weighted by Gasteiger charge is -2.34. The Kier molecular flexibility index (Phi) is 6.71. The van der Waals surface area contributed by atoms with Crippen molar-refractivity contribution in [3.05, 3.63) is 29.8 Å². The Balaban J connectivity index is 1.81. The molecule has 1 saturated heterocycles. The second-order valence-electron chi connectivity index (χ2n) is 6.29. The first-order valence-corrected chi connectivity index (χ1v) is 8.52. The van der Waals surface area contributed by atoms with Crippen LogP contribution in [0.2, 0.25) is 0 Å². The minimum absolute atomic E-state index is 0.117. The fourth-order valence-corrected chi connectivity index (χ4v) is 2.60. The second-order valence-corrected chi connectivity index (χ2v) is 6.29. The fraction of sp³-hybridized carbons (Fsp3) is 0.611. The fourth-order valence-electron chi connectivity index (χ4n) is 2.60. The number of amides is 2. The number of urea groups is 1. The molecule has 0 aliphatic carbocycles. The van der Waals surface area contributed by atoms with E-state index in [-0.39, 0.29) is 11.9 Å². The monoisotopic (exact) mass is 320 g/mol. The van der Waals surface area contributed by atoms with Gasteiger partial charge in [0.1, 0.15) is 5.75 Å². The van der Waals surface area contributed by atoms with Crippen molar-refractivity contribution in [3.8, 4) is 5.75 Å². The van der Waals surface area contributed by atoms with Crippen LogP contribution in [0.3, 0.4) is 0 Å². The van der Waals surface area contributed by atoms with Crippen molar-refractivity contribution in [3.63, 3.8) is 0 Å². The summed E-state index contributed by atoms with van der Waals surface area (Å²) in [6.45, 7) is 6.44. The molecule has 2 atom stereocenters. The molecule has 2 amide bonds. The average molecular weight is 320 g/mol. The summed E-state index contributed by atoms with van der Waals surface area (Å²) >= 11 is 0. The molecule has 0 saturated carbocycles. The number of ether oxygens (including phenoxy) is 1. The van der Waals surface area contributed by atoms with Crippen LogP contribution in [-0.4, -0.2) is 41.8 Å². The molecule has 1 aromatic rings. The van der Waals surface area contributed by atoms with Gasteiger partial charge in [0.05, 0.1) is 12.7 Å². The van der Waals surface area contributed by atoms with E-state index < -0.39 is 6.10 Å². The Labute approximate surface area is 138 Å². The summed E-state index contributed by atoms with van der Waals surface area (Å²) in [5.41, 5.74) is 1.01. The first-order valence-electron chi connectivity index (χ1n) is 8.52. The van der Waals surface area contributed by atoms with E-state index in [1.807, 2.05) is 31.2 Å². The minimum Gasteiger partial charge on any atom is -0.494 e. The standard InChI is InChI=1S/C18H28N2O3/c1-3-4-10-23-16-7-5-6-15(11-16)12-19-18(22)20-9-8-14(2)17(21)13-20/h5-7,11,14,17,21H,3-4,8-10,12-13H2,1-2H3,(H,19,22). The first-order chi connectivity index (χ1) is 11.1. The summed E-state index contributed by atoms with van der Waals surface area (Å²) in [7, 11) is 0. The zero-order valence-electron chi connectivity index (χ0n) is 14.1. The number of hydrogen-bond donors (Lipinski definition) is 2. The molecule has 128 valence electrons.